The highest BCUT2D eigenvalue weighted by Crippen LogP contribution is 2.29. The Kier molecular flexibility index (Phi) is 4.58. The highest BCUT2D eigenvalue weighted by atomic mass is 32.1. The summed E-state index contributed by atoms with van der Waals surface area (Å²) in [5.74, 6) is 3.12. The minimum atomic E-state index is 0.187. The van der Waals surface area contributed by atoms with Crippen LogP contribution in [0.4, 0.5) is 0 Å². The molecule has 0 saturated carbocycles. The van der Waals surface area contributed by atoms with E-state index in [0.717, 1.165) is 67.7 Å². The number of nitrogens with zero attached hydrogens (tertiary/aromatic N) is 5. The molecule has 4 heterocycles. The Balaban J connectivity index is 1.42. The molecule has 1 saturated heterocycles. The zero-order valence-electron chi connectivity index (χ0n) is 14.9. The summed E-state index contributed by atoms with van der Waals surface area (Å²) in [5.41, 5.74) is 0.907. The van der Waals surface area contributed by atoms with E-state index in [4.69, 9.17) is 0 Å². The van der Waals surface area contributed by atoms with Crippen molar-refractivity contribution >= 4 is 17.2 Å². The number of thiazole rings is 1. The van der Waals surface area contributed by atoms with E-state index in [1.54, 1.807) is 11.3 Å². The monoisotopic (exact) mass is 359 g/mol. The van der Waals surface area contributed by atoms with Gasteiger partial charge in [0.1, 0.15) is 11.6 Å². The molecule has 7 heteroatoms. The fourth-order valence-electron chi connectivity index (χ4n) is 3.83. The Morgan fingerprint density at radius 3 is 3.00 bits per heavy atom. The number of carbonyl (C=O) groups is 1. The predicted octanol–water partition coefficient (Wildman–Crippen LogP) is 2.75. The van der Waals surface area contributed by atoms with Crippen molar-refractivity contribution in [3.63, 3.8) is 0 Å². The molecule has 0 aliphatic carbocycles. The Hall–Kier alpha value is -1.76. The third kappa shape index (κ3) is 3.34. The molecule has 0 radical (unpaired) electrons. The summed E-state index contributed by atoms with van der Waals surface area (Å²) in [6.07, 6.45) is 4.73. The number of aryl methyl sites for hydroxylation is 1. The van der Waals surface area contributed by atoms with E-state index >= 15 is 0 Å². The van der Waals surface area contributed by atoms with Crippen molar-refractivity contribution in [2.24, 2.45) is 0 Å². The van der Waals surface area contributed by atoms with Crippen LogP contribution in [-0.4, -0.2) is 43.6 Å². The Morgan fingerprint density at radius 2 is 2.20 bits per heavy atom. The lowest BCUT2D eigenvalue weighted by Crippen LogP contribution is -2.40. The first kappa shape index (κ1) is 16.7. The number of piperidine rings is 1. The number of aromatic nitrogens is 4. The lowest BCUT2D eigenvalue weighted by Gasteiger charge is -2.32. The van der Waals surface area contributed by atoms with Crippen LogP contribution in [0.15, 0.2) is 5.38 Å². The van der Waals surface area contributed by atoms with Gasteiger partial charge in [-0.15, -0.1) is 21.5 Å². The minimum Gasteiger partial charge on any atom is -0.342 e. The van der Waals surface area contributed by atoms with Crippen LogP contribution in [0.1, 0.15) is 67.3 Å². The second-order valence-electron chi connectivity index (χ2n) is 7.42. The second kappa shape index (κ2) is 6.86. The van der Waals surface area contributed by atoms with Gasteiger partial charge in [-0.05, 0) is 19.3 Å². The zero-order valence-corrected chi connectivity index (χ0v) is 15.8. The molecule has 134 valence electrons. The number of hydrogen-bond donors (Lipinski definition) is 0. The fourth-order valence-corrected chi connectivity index (χ4v) is 4.66. The van der Waals surface area contributed by atoms with Gasteiger partial charge in [0, 0.05) is 43.3 Å². The first-order chi connectivity index (χ1) is 12.1. The molecule has 1 unspecified atom stereocenters. The zero-order chi connectivity index (χ0) is 17.4. The molecule has 0 N–H and O–H groups in total. The Morgan fingerprint density at radius 1 is 1.32 bits per heavy atom. The Bertz CT molecular complexity index is 765. The van der Waals surface area contributed by atoms with Crippen LogP contribution in [0.25, 0.3) is 0 Å². The number of hydrogen-bond acceptors (Lipinski definition) is 5. The predicted molar refractivity (Wildman–Crippen MR) is 96.8 cm³/mol. The number of fused-ring (bicyclic) bond motifs is 1. The number of amides is 1. The van der Waals surface area contributed by atoms with Gasteiger partial charge in [0.2, 0.25) is 5.91 Å². The standard InChI is InChI=1S/C18H25N5OS/c1-12(2)18-19-14(11-25-18)9-16(24)22-7-3-5-13(10-22)17-21-20-15-6-4-8-23(15)17/h11-13H,3-10H2,1-2H3. The van der Waals surface area contributed by atoms with E-state index in [2.05, 4.69) is 33.6 Å². The summed E-state index contributed by atoms with van der Waals surface area (Å²) in [6, 6.07) is 0. The van der Waals surface area contributed by atoms with Crippen molar-refractivity contribution in [2.75, 3.05) is 13.1 Å². The van der Waals surface area contributed by atoms with Crippen molar-refractivity contribution in [3.8, 4) is 0 Å². The molecule has 4 rings (SSSR count). The van der Waals surface area contributed by atoms with Crippen molar-refractivity contribution in [3.05, 3.63) is 27.7 Å². The third-order valence-corrected chi connectivity index (χ3v) is 6.37. The van der Waals surface area contributed by atoms with Crippen LogP contribution in [0.3, 0.4) is 0 Å². The number of carbonyl (C=O) groups excluding carboxylic acids is 1. The molecule has 0 spiro atoms. The molecule has 2 aromatic rings. The van der Waals surface area contributed by atoms with Gasteiger partial charge in [0.15, 0.2) is 0 Å². The van der Waals surface area contributed by atoms with Crippen LogP contribution in [0.2, 0.25) is 0 Å². The summed E-state index contributed by atoms with van der Waals surface area (Å²) in [6.45, 7) is 6.90. The van der Waals surface area contributed by atoms with E-state index < -0.39 is 0 Å². The summed E-state index contributed by atoms with van der Waals surface area (Å²) < 4.78 is 2.27. The maximum Gasteiger partial charge on any atom is 0.228 e. The molecule has 2 aliphatic rings. The van der Waals surface area contributed by atoms with E-state index in [1.165, 1.54) is 0 Å². The molecule has 2 aliphatic heterocycles. The summed E-state index contributed by atoms with van der Waals surface area (Å²) in [7, 11) is 0. The topological polar surface area (TPSA) is 63.9 Å². The van der Waals surface area contributed by atoms with Crippen molar-refractivity contribution < 1.29 is 4.79 Å². The molecule has 0 aromatic carbocycles. The smallest absolute Gasteiger partial charge is 0.228 e. The van der Waals surface area contributed by atoms with Gasteiger partial charge in [-0.25, -0.2) is 4.98 Å². The molecular weight excluding hydrogens is 334 g/mol. The van der Waals surface area contributed by atoms with Gasteiger partial charge in [-0.3, -0.25) is 4.79 Å². The maximum absolute atomic E-state index is 12.7. The van der Waals surface area contributed by atoms with Gasteiger partial charge in [0.25, 0.3) is 0 Å². The van der Waals surface area contributed by atoms with Crippen molar-refractivity contribution in [1.29, 1.82) is 0 Å². The highest BCUT2D eigenvalue weighted by molar-refractivity contribution is 7.09. The minimum absolute atomic E-state index is 0.187. The lowest BCUT2D eigenvalue weighted by atomic mass is 9.96. The van der Waals surface area contributed by atoms with Crippen LogP contribution in [0, 0.1) is 0 Å². The van der Waals surface area contributed by atoms with E-state index in [-0.39, 0.29) is 5.91 Å². The fraction of sp³-hybridized carbons (Fsp3) is 0.667. The molecule has 6 nitrogen and oxygen atoms in total. The van der Waals surface area contributed by atoms with E-state index in [9.17, 15) is 4.79 Å². The molecule has 2 aromatic heterocycles. The maximum atomic E-state index is 12.7. The second-order valence-corrected chi connectivity index (χ2v) is 8.31. The first-order valence-electron chi connectivity index (χ1n) is 9.26. The molecule has 1 amide bonds. The van der Waals surface area contributed by atoms with Crippen molar-refractivity contribution in [1.82, 2.24) is 24.6 Å². The number of rotatable bonds is 4. The van der Waals surface area contributed by atoms with E-state index in [1.807, 2.05) is 10.3 Å². The van der Waals surface area contributed by atoms with Crippen LogP contribution in [-0.2, 0) is 24.2 Å². The summed E-state index contributed by atoms with van der Waals surface area (Å²) >= 11 is 1.65. The van der Waals surface area contributed by atoms with Gasteiger partial charge in [0.05, 0.1) is 17.1 Å². The van der Waals surface area contributed by atoms with Gasteiger partial charge in [-0.2, -0.15) is 0 Å². The SMILES string of the molecule is CC(C)c1nc(CC(=O)N2CCCC(c3nnc4n3CCC4)C2)cs1. The first-order valence-corrected chi connectivity index (χ1v) is 10.1. The molecule has 1 atom stereocenters. The highest BCUT2D eigenvalue weighted by Gasteiger charge is 2.30. The molecule has 1 fully saturated rings. The quantitative estimate of drug-likeness (QED) is 0.842. The van der Waals surface area contributed by atoms with Crippen LogP contribution in [0.5, 0.6) is 0 Å². The normalized spacial score (nSPS) is 20.3. The lowest BCUT2D eigenvalue weighted by molar-refractivity contribution is -0.131. The summed E-state index contributed by atoms with van der Waals surface area (Å²) in [4.78, 5) is 19.3. The van der Waals surface area contributed by atoms with Crippen LogP contribution >= 0.6 is 11.3 Å². The van der Waals surface area contributed by atoms with E-state index in [0.29, 0.717) is 18.3 Å². The average molecular weight is 359 g/mol. The van der Waals surface area contributed by atoms with Gasteiger partial charge in [-0.1, -0.05) is 13.8 Å². The Labute approximate surface area is 152 Å². The van der Waals surface area contributed by atoms with Gasteiger partial charge >= 0.3 is 0 Å². The average Bonchev–Trinajstić information content (AvgIpc) is 3.31. The van der Waals surface area contributed by atoms with Crippen molar-refractivity contribution in [2.45, 2.75) is 64.3 Å². The molecule has 25 heavy (non-hydrogen) atoms. The third-order valence-electron chi connectivity index (χ3n) is 5.17. The van der Waals surface area contributed by atoms with Gasteiger partial charge < -0.3 is 9.47 Å². The largest absolute Gasteiger partial charge is 0.342 e. The molecular formula is C18H25N5OS. The number of likely N-dealkylation sites (tertiary alicyclic amines) is 1. The summed E-state index contributed by atoms with van der Waals surface area (Å²) in [5, 5.41) is 11.9. The van der Waals surface area contributed by atoms with Crippen LogP contribution < -0.4 is 0 Å². The molecule has 0 bridgehead atoms.